The van der Waals surface area contributed by atoms with E-state index in [9.17, 15) is 9.59 Å². The lowest BCUT2D eigenvalue weighted by Crippen LogP contribution is -2.60. The van der Waals surface area contributed by atoms with Crippen LogP contribution in [0.1, 0.15) is 46.5 Å². The Balaban J connectivity index is 1.80. The number of nitrogens with zero attached hydrogens (tertiary/aromatic N) is 2. The van der Waals surface area contributed by atoms with Crippen LogP contribution >= 0.6 is 0 Å². The van der Waals surface area contributed by atoms with Crippen molar-refractivity contribution in [1.29, 1.82) is 0 Å². The summed E-state index contributed by atoms with van der Waals surface area (Å²) in [5, 5.41) is 5.95. The molecule has 1 unspecified atom stereocenters. The van der Waals surface area contributed by atoms with Crippen molar-refractivity contribution in [1.82, 2.24) is 20.4 Å². The van der Waals surface area contributed by atoms with E-state index in [2.05, 4.69) is 27.5 Å². The van der Waals surface area contributed by atoms with Crippen LogP contribution in [0.25, 0.3) is 0 Å². The van der Waals surface area contributed by atoms with E-state index >= 15 is 0 Å². The van der Waals surface area contributed by atoms with Crippen molar-refractivity contribution in [2.24, 2.45) is 5.92 Å². The monoisotopic (exact) mass is 338 g/mol. The SMILES string of the molecule is CC(C(=O)NC(C)(C)C(=O)NCC1CCCC1)N1CCN(C)CC1. The number of amides is 2. The molecular weight excluding hydrogens is 304 g/mol. The van der Waals surface area contributed by atoms with Gasteiger partial charge in [0.05, 0.1) is 6.04 Å². The van der Waals surface area contributed by atoms with Gasteiger partial charge in [-0.25, -0.2) is 0 Å². The van der Waals surface area contributed by atoms with Crippen molar-refractivity contribution in [3.8, 4) is 0 Å². The quantitative estimate of drug-likeness (QED) is 0.753. The summed E-state index contributed by atoms with van der Waals surface area (Å²) in [6.45, 7) is 9.95. The number of likely N-dealkylation sites (N-methyl/N-ethyl adjacent to an activating group) is 1. The van der Waals surface area contributed by atoms with Crippen molar-refractivity contribution in [3.63, 3.8) is 0 Å². The first-order valence-electron chi connectivity index (χ1n) is 9.32. The number of hydrogen-bond donors (Lipinski definition) is 2. The molecule has 0 radical (unpaired) electrons. The minimum Gasteiger partial charge on any atom is -0.354 e. The molecule has 6 nitrogen and oxygen atoms in total. The zero-order valence-electron chi connectivity index (χ0n) is 15.7. The maximum absolute atomic E-state index is 12.6. The van der Waals surface area contributed by atoms with Crippen molar-refractivity contribution >= 4 is 11.8 Å². The van der Waals surface area contributed by atoms with E-state index in [0.29, 0.717) is 5.92 Å². The molecule has 2 rings (SSSR count). The summed E-state index contributed by atoms with van der Waals surface area (Å²) in [5.41, 5.74) is -0.878. The molecule has 0 aromatic rings. The minimum absolute atomic E-state index is 0.0689. The van der Waals surface area contributed by atoms with Gasteiger partial charge >= 0.3 is 0 Å². The molecule has 24 heavy (non-hydrogen) atoms. The lowest BCUT2D eigenvalue weighted by atomic mass is 10.0. The van der Waals surface area contributed by atoms with Crippen LogP contribution in [-0.4, -0.2) is 73.0 Å². The Labute approximate surface area is 146 Å². The molecular formula is C18H34N4O2. The number of carbonyl (C=O) groups excluding carboxylic acids is 2. The van der Waals surface area contributed by atoms with Crippen LogP contribution in [0.2, 0.25) is 0 Å². The summed E-state index contributed by atoms with van der Waals surface area (Å²) >= 11 is 0. The number of hydrogen-bond acceptors (Lipinski definition) is 4. The van der Waals surface area contributed by atoms with Crippen LogP contribution in [-0.2, 0) is 9.59 Å². The van der Waals surface area contributed by atoms with Gasteiger partial charge in [0.25, 0.3) is 0 Å². The van der Waals surface area contributed by atoms with Gasteiger partial charge in [0.2, 0.25) is 11.8 Å². The van der Waals surface area contributed by atoms with Gasteiger partial charge in [0.15, 0.2) is 0 Å². The third-order valence-electron chi connectivity index (χ3n) is 5.49. The fourth-order valence-corrected chi connectivity index (χ4v) is 3.52. The first kappa shape index (κ1) is 19.2. The van der Waals surface area contributed by atoms with Gasteiger partial charge in [0.1, 0.15) is 5.54 Å². The van der Waals surface area contributed by atoms with Crippen LogP contribution in [0.4, 0.5) is 0 Å². The standard InChI is InChI=1S/C18H34N4O2/c1-14(22-11-9-21(4)10-12-22)16(23)20-18(2,3)17(24)19-13-15-7-5-6-8-15/h14-15H,5-13H2,1-4H3,(H,19,24)(H,20,23). The number of piperazine rings is 1. The number of rotatable bonds is 6. The minimum atomic E-state index is -0.878. The van der Waals surface area contributed by atoms with E-state index in [1.54, 1.807) is 13.8 Å². The predicted molar refractivity (Wildman–Crippen MR) is 95.7 cm³/mol. The van der Waals surface area contributed by atoms with Crippen LogP contribution in [0.15, 0.2) is 0 Å². The third kappa shape index (κ3) is 5.18. The highest BCUT2D eigenvalue weighted by Gasteiger charge is 2.33. The van der Waals surface area contributed by atoms with Crippen molar-refractivity contribution in [2.75, 3.05) is 39.8 Å². The number of nitrogens with one attached hydrogen (secondary N) is 2. The molecule has 0 bridgehead atoms. The third-order valence-corrected chi connectivity index (χ3v) is 5.49. The fraction of sp³-hybridized carbons (Fsp3) is 0.889. The van der Waals surface area contributed by atoms with Gasteiger partial charge in [-0.3, -0.25) is 14.5 Å². The first-order chi connectivity index (χ1) is 11.3. The molecule has 2 fully saturated rings. The topological polar surface area (TPSA) is 64.7 Å². The van der Waals surface area contributed by atoms with E-state index in [1.807, 2.05) is 6.92 Å². The van der Waals surface area contributed by atoms with Gasteiger partial charge in [-0.2, -0.15) is 0 Å². The van der Waals surface area contributed by atoms with Crippen LogP contribution in [0.3, 0.4) is 0 Å². The molecule has 1 saturated heterocycles. The summed E-state index contributed by atoms with van der Waals surface area (Å²) < 4.78 is 0. The predicted octanol–water partition coefficient (Wildman–Crippen LogP) is 0.824. The summed E-state index contributed by atoms with van der Waals surface area (Å²) in [4.78, 5) is 29.5. The molecule has 0 aromatic heterocycles. The Bertz CT molecular complexity index is 438. The Morgan fingerprint density at radius 3 is 2.29 bits per heavy atom. The van der Waals surface area contributed by atoms with E-state index < -0.39 is 5.54 Å². The first-order valence-corrected chi connectivity index (χ1v) is 9.32. The molecule has 1 atom stereocenters. The van der Waals surface area contributed by atoms with Gasteiger partial charge in [0, 0.05) is 32.7 Å². The fourth-order valence-electron chi connectivity index (χ4n) is 3.52. The number of carbonyl (C=O) groups is 2. The molecule has 0 spiro atoms. The molecule has 0 aromatic carbocycles. The van der Waals surface area contributed by atoms with Crippen molar-refractivity contribution in [3.05, 3.63) is 0 Å². The maximum atomic E-state index is 12.6. The Kier molecular flexibility index (Phi) is 6.63. The Morgan fingerprint density at radius 2 is 1.71 bits per heavy atom. The van der Waals surface area contributed by atoms with Crippen molar-refractivity contribution in [2.45, 2.75) is 58.0 Å². The summed E-state index contributed by atoms with van der Waals surface area (Å²) in [5.74, 6) is 0.443. The molecule has 2 N–H and O–H groups in total. The normalized spacial score (nSPS) is 22.3. The summed E-state index contributed by atoms with van der Waals surface area (Å²) in [6.07, 6.45) is 4.94. The zero-order chi connectivity index (χ0) is 17.7. The average Bonchev–Trinajstić information content (AvgIpc) is 3.05. The molecule has 1 saturated carbocycles. The molecule has 1 heterocycles. The highest BCUT2D eigenvalue weighted by atomic mass is 16.2. The van der Waals surface area contributed by atoms with Gasteiger partial charge in [-0.1, -0.05) is 12.8 Å². The second-order valence-corrected chi connectivity index (χ2v) is 7.99. The summed E-state index contributed by atoms with van der Waals surface area (Å²) in [7, 11) is 2.10. The van der Waals surface area contributed by atoms with E-state index in [-0.39, 0.29) is 17.9 Å². The van der Waals surface area contributed by atoms with Gasteiger partial charge in [-0.15, -0.1) is 0 Å². The molecule has 138 valence electrons. The van der Waals surface area contributed by atoms with Crippen LogP contribution in [0, 0.1) is 5.92 Å². The van der Waals surface area contributed by atoms with Crippen LogP contribution < -0.4 is 10.6 Å². The Morgan fingerprint density at radius 1 is 1.12 bits per heavy atom. The van der Waals surface area contributed by atoms with Crippen molar-refractivity contribution < 1.29 is 9.59 Å². The molecule has 2 amide bonds. The lowest BCUT2D eigenvalue weighted by molar-refractivity contribution is -0.135. The second kappa shape index (κ2) is 8.30. The second-order valence-electron chi connectivity index (χ2n) is 7.99. The maximum Gasteiger partial charge on any atom is 0.245 e. The summed E-state index contributed by atoms with van der Waals surface area (Å²) in [6, 6.07) is -0.208. The molecule has 2 aliphatic rings. The zero-order valence-corrected chi connectivity index (χ0v) is 15.7. The smallest absolute Gasteiger partial charge is 0.245 e. The average molecular weight is 338 g/mol. The van der Waals surface area contributed by atoms with Gasteiger partial charge < -0.3 is 15.5 Å². The van der Waals surface area contributed by atoms with E-state index in [4.69, 9.17) is 0 Å². The van der Waals surface area contributed by atoms with Crippen LogP contribution in [0.5, 0.6) is 0 Å². The van der Waals surface area contributed by atoms with E-state index in [1.165, 1.54) is 25.7 Å². The lowest BCUT2D eigenvalue weighted by Gasteiger charge is -2.37. The Hall–Kier alpha value is -1.14. The molecule has 1 aliphatic carbocycles. The highest BCUT2D eigenvalue weighted by molar-refractivity contribution is 5.92. The van der Waals surface area contributed by atoms with Gasteiger partial charge in [-0.05, 0) is 46.6 Å². The largest absolute Gasteiger partial charge is 0.354 e. The molecule has 1 aliphatic heterocycles. The highest BCUT2D eigenvalue weighted by Crippen LogP contribution is 2.23. The van der Waals surface area contributed by atoms with E-state index in [0.717, 1.165) is 32.7 Å². The molecule has 6 heteroatoms.